The number of nitrogens with one attached hydrogen (secondary N) is 1. The molecule has 0 amide bonds. The van der Waals surface area contributed by atoms with Crippen molar-refractivity contribution < 1.29 is 8.42 Å². The Balaban J connectivity index is 2.16. The molecule has 0 aliphatic carbocycles. The smallest absolute Gasteiger partial charge is 0.244 e. The van der Waals surface area contributed by atoms with Crippen molar-refractivity contribution in [2.75, 3.05) is 19.6 Å². The van der Waals surface area contributed by atoms with Crippen LogP contribution >= 0.6 is 11.3 Å². The quantitative estimate of drug-likeness (QED) is 0.648. The van der Waals surface area contributed by atoms with E-state index in [1.165, 1.54) is 0 Å². The van der Waals surface area contributed by atoms with Crippen LogP contribution in [0.15, 0.2) is 23.1 Å². The lowest BCUT2D eigenvalue weighted by molar-refractivity contribution is 0.437. The third kappa shape index (κ3) is 3.49. The highest BCUT2D eigenvalue weighted by atomic mass is 32.2. The minimum absolute atomic E-state index is 0.478. The van der Waals surface area contributed by atoms with Gasteiger partial charge in [0.2, 0.25) is 10.0 Å². The van der Waals surface area contributed by atoms with Crippen LogP contribution < -0.4 is 5.32 Å². The zero-order chi connectivity index (χ0) is 14.6. The minimum atomic E-state index is -3.34. The third-order valence-corrected chi connectivity index (χ3v) is 6.46. The summed E-state index contributed by atoms with van der Waals surface area (Å²) in [6, 6.07) is 1.83. The van der Waals surface area contributed by atoms with Crippen molar-refractivity contribution in [3.8, 4) is 0 Å². The summed E-state index contributed by atoms with van der Waals surface area (Å²) >= 11 is 1.57. The molecule has 0 unspecified atom stereocenters. The summed E-state index contributed by atoms with van der Waals surface area (Å²) in [4.78, 5) is 2.45. The maximum atomic E-state index is 12.6. The summed E-state index contributed by atoms with van der Waals surface area (Å²) in [5.74, 6) is 0. The highest BCUT2D eigenvalue weighted by molar-refractivity contribution is 7.89. The molecule has 1 N–H and O–H groups in total. The van der Waals surface area contributed by atoms with Gasteiger partial charge in [0.15, 0.2) is 0 Å². The topological polar surface area (TPSA) is 49.4 Å². The highest BCUT2D eigenvalue weighted by Gasteiger charge is 2.27. The zero-order valence-electron chi connectivity index (χ0n) is 12.1. The maximum Gasteiger partial charge on any atom is 0.244 e. The van der Waals surface area contributed by atoms with Crippen LogP contribution in [0, 0.1) is 6.92 Å². The predicted octanol–water partition coefficient (Wildman–Crippen LogP) is 2.51. The van der Waals surface area contributed by atoms with Crippen LogP contribution in [0.3, 0.4) is 0 Å². The van der Waals surface area contributed by atoms with Crippen molar-refractivity contribution in [2.24, 2.45) is 0 Å². The average molecular weight is 314 g/mol. The Kier molecular flexibility index (Phi) is 5.37. The molecule has 1 aromatic rings. The van der Waals surface area contributed by atoms with E-state index in [0.717, 1.165) is 35.7 Å². The summed E-state index contributed by atoms with van der Waals surface area (Å²) in [7, 11) is -3.34. The van der Waals surface area contributed by atoms with Gasteiger partial charge >= 0.3 is 0 Å². The molecular weight excluding hydrogens is 292 g/mol. The van der Waals surface area contributed by atoms with Gasteiger partial charge in [0.1, 0.15) is 0 Å². The van der Waals surface area contributed by atoms with E-state index in [-0.39, 0.29) is 0 Å². The molecule has 0 saturated heterocycles. The second-order valence-corrected chi connectivity index (χ2v) is 8.18. The fraction of sp³-hybridized carbons (Fsp3) is 0.571. The minimum Gasteiger partial charge on any atom is -0.312 e. The lowest BCUT2D eigenvalue weighted by atomic mass is 10.3. The Labute approximate surface area is 125 Å². The molecule has 1 aromatic heterocycles. The number of rotatable bonds is 6. The van der Waals surface area contributed by atoms with Gasteiger partial charge in [0.25, 0.3) is 0 Å². The van der Waals surface area contributed by atoms with E-state index in [1.54, 1.807) is 15.6 Å². The second kappa shape index (κ2) is 6.85. The van der Waals surface area contributed by atoms with E-state index in [2.05, 4.69) is 12.2 Å². The van der Waals surface area contributed by atoms with Crippen LogP contribution in [-0.2, 0) is 16.6 Å². The number of hydrogen-bond acceptors (Lipinski definition) is 4. The van der Waals surface area contributed by atoms with Gasteiger partial charge in [-0.2, -0.15) is 4.31 Å². The van der Waals surface area contributed by atoms with E-state index >= 15 is 0 Å². The Morgan fingerprint density at radius 3 is 2.85 bits per heavy atom. The van der Waals surface area contributed by atoms with Gasteiger partial charge in [-0.3, -0.25) is 0 Å². The van der Waals surface area contributed by atoms with Gasteiger partial charge in [0, 0.05) is 29.4 Å². The Hall–Kier alpha value is -0.690. The molecule has 2 heterocycles. The van der Waals surface area contributed by atoms with E-state index in [4.69, 9.17) is 0 Å². The summed E-state index contributed by atoms with van der Waals surface area (Å²) in [5.41, 5.74) is 0. The molecule has 1 aliphatic rings. The second-order valence-electron chi connectivity index (χ2n) is 4.93. The molecular formula is C14H22N2O2S2. The van der Waals surface area contributed by atoms with E-state index < -0.39 is 10.0 Å². The van der Waals surface area contributed by atoms with Crippen LogP contribution in [-0.4, -0.2) is 32.4 Å². The van der Waals surface area contributed by atoms with Crippen molar-refractivity contribution in [1.29, 1.82) is 0 Å². The molecule has 4 nitrogen and oxygen atoms in total. The highest BCUT2D eigenvalue weighted by Crippen LogP contribution is 2.28. The van der Waals surface area contributed by atoms with E-state index in [1.807, 2.05) is 25.1 Å². The molecule has 1 aliphatic heterocycles. The summed E-state index contributed by atoms with van der Waals surface area (Å²) in [5, 5.41) is 3.31. The van der Waals surface area contributed by atoms with Crippen LogP contribution in [0.4, 0.5) is 0 Å². The monoisotopic (exact) mass is 314 g/mol. The fourth-order valence-electron chi connectivity index (χ4n) is 2.23. The molecule has 0 saturated carbocycles. The Morgan fingerprint density at radius 1 is 1.40 bits per heavy atom. The lowest BCUT2D eigenvalue weighted by Gasteiger charge is -2.22. The summed E-state index contributed by atoms with van der Waals surface area (Å²) in [6.07, 6.45) is 5.84. The largest absolute Gasteiger partial charge is 0.312 e. The zero-order valence-corrected chi connectivity index (χ0v) is 13.7. The SMILES string of the molecule is CCCNCc1cc(S(=O)(=O)N2CC=CCC2)c(C)s1. The first-order chi connectivity index (χ1) is 9.55. The average Bonchev–Trinajstić information content (AvgIpc) is 2.82. The van der Waals surface area contributed by atoms with Gasteiger partial charge in [-0.25, -0.2) is 8.42 Å². The van der Waals surface area contributed by atoms with Crippen LogP contribution in [0.1, 0.15) is 29.5 Å². The molecule has 2 rings (SSSR count). The first-order valence-electron chi connectivity index (χ1n) is 7.01. The molecule has 20 heavy (non-hydrogen) atoms. The van der Waals surface area contributed by atoms with Gasteiger partial charge in [-0.15, -0.1) is 11.3 Å². The molecule has 0 atom stereocenters. The lowest BCUT2D eigenvalue weighted by Crippen LogP contribution is -2.33. The number of aryl methyl sites for hydroxylation is 1. The molecule has 0 radical (unpaired) electrons. The Bertz CT molecular complexity index is 576. The molecule has 0 fully saturated rings. The van der Waals surface area contributed by atoms with Gasteiger partial charge in [0.05, 0.1) is 4.90 Å². The Morgan fingerprint density at radius 2 is 2.20 bits per heavy atom. The van der Waals surface area contributed by atoms with E-state index in [9.17, 15) is 8.42 Å². The first kappa shape index (κ1) is 15.7. The van der Waals surface area contributed by atoms with Crippen molar-refractivity contribution >= 4 is 21.4 Å². The number of sulfonamides is 1. The number of nitrogens with zero attached hydrogens (tertiary/aromatic N) is 1. The van der Waals surface area contributed by atoms with Crippen molar-refractivity contribution in [3.05, 3.63) is 28.0 Å². The summed E-state index contributed by atoms with van der Waals surface area (Å²) < 4.78 is 26.8. The van der Waals surface area contributed by atoms with Crippen LogP contribution in [0.25, 0.3) is 0 Å². The van der Waals surface area contributed by atoms with Gasteiger partial charge < -0.3 is 5.32 Å². The van der Waals surface area contributed by atoms with Crippen molar-refractivity contribution in [1.82, 2.24) is 9.62 Å². The molecule has 0 aromatic carbocycles. The molecule has 0 spiro atoms. The normalized spacial score (nSPS) is 16.7. The number of hydrogen-bond donors (Lipinski definition) is 1. The molecule has 112 valence electrons. The maximum absolute atomic E-state index is 12.6. The van der Waals surface area contributed by atoms with Crippen LogP contribution in [0.5, 0.6) is 0 Å². The number of thiophene rings is 1. The van der Waals surface area contributed by atoms with Crippen molar-refractivity contribution in [2.45, 2.75) is 38.1 Å². The van der Waals surface area contributed by atoms with Gasteiger partial charge in [-0.05, 0) is 32.4 Å². The third-order valence-electron chi connectivity index (χ3n) is 3.29. The van der Waals surface area contributed by atoms with E-state index in [0.29, 0.717) is 18.0 Å². The van der Waals surface area contributed by atoms with Crippen LogP contribution in [0.2, 0.25) is 0 Å². The fourth-order valence-corrected chi connectivity index (χ4v) is 5.21. The van der Waals surface area contributed by atoms with Crippen molar-refractivity contribution in [3.63, 3.8) is 0 Å². The predicted molar refractivity (Wildman–Crippen MR) is 83.6 cm³/mol. The summed E-state index contributed by atoms with van der Waals surface area (Å²) in [6.45, 7) is 6.77. The molecule has 6 heteroatoms. The molecule has 0 bridgehead atoms. The van der Waals surface area contributed by atoms with Gasteiger partial charge in [-0.1, -0.05) is 19.1 Å². The first-order valence-corrected chi connectivity index (χ1v) is 9.26. The standard InChI is InChI=1S/C14H22N2O2S2/c1-3-7-15-11-13-10-14(12(2)19-13)20(17,18)16-8-5-4-6-9-16/h4-5,10,15H,3,6-9,11H2,1-2H3.